The first-order valence-corrected chi connectivity index (χ1v) is 12.0. The van der Waals surface area contributed by atoms with Crippen LogP contribution < -0.4 is 5.32 Å². The van der Waals surface area contributed by atoms with Gasteiger partial charge in [0, 0.05) is 47.7 Å². The number of carbonyl (C=O) groups is 1. The number of hydrogen-bond donors (Lipinski definition) is 2. The second-order valence-electron chi connectivity index (χ2n) is 10.9. The molecule has 2 heterocycles. The summed E-state index contributed by atoms with van der Waals surface area (Å²) >= 11 is 0. The number of carbonyl (C=O) groups excluding carboxylic acids is 1. The van der Waals surface area contributed by atoms with Gasteiger partial charge in [-0.25, -0.2) is 0 Å². The quantitative estimate of drug-likeness (QED) is 0.595. The number of likely N-dealkylation sites (N-methyl/N-ethyl adjacent to an activating group) is 1. The van der Waals surface area contributed by atoms with Gasteiger partial charge in [-0.05, 0) is 72.5 Å². The Kier molecular flexibility index (Phi) is 5.37. The fraction of sp³-hybridized carbons (Fsp3) is 0.464. The normalized spacial score (nSPS) is 23.2. The summed E-state index contributed by atoms with van der Waals surface area (Å²) in [5.41, 5.74) is 6.57. The van der Waals surface area contributed by atoms with Gasteiger partial charge >= 0.3 is 0 Å². The van der Waals surface area contributed by atoms with Crippen molar-refractivity contribution in [3.63, 3.8) is 0 Å². The van der Waals surface area contributed by atoms with Crippen LogP contribution >= 0.6 is 0 Å². The summed E-state index contributed by atoms with van der Waals surface area (Å²) in [7, 11) is 2.29. The highest BCUT2D eigenvalue weighted by atomic mass is 16.1. The van der Waals surface area contributed by atoms with E-state index in [1.54, 1.807) is 0 Å². The molecule has 1 aliphatic heterocycles. The standard InChI is InChI=1S/C28H35N3O/c1-28(2,3)21-14-23-22-12-18(10-11-29-27(32)19-8-6-5-7-9-19)17-31(4)25(22)13-20-16-30-24(15-21)26(20)23/h5-9,14-16,18,22,25,30H,10-13,17H2,1-4H3,(H,29,32)/t18?,22-,25-/m1/s1. The van der Waals surface area contributed by atoms with Gasteiger partial charge in [-0.3, -0.25) is 4.79 Å². The van der Waals surface area contributed by atoms with Crippen LogP contribution in [0.1, 0.15) is 66.6 Å². The number of aromatic nitrogens is 1. The molecular weight excluding hydrogens is 394 g/mol. The van der Waals surface area contributed by atoms with Crippen molar-refractivity contribution in [2.24, 2.45) is 5.92 Å². The molecule has 0 spiro atoms. The number of fused-ring (bicyclic) bond motifs is 2. The van der Waals surface area contributed by atoms with Crippen LogP contribution in [0, 0.1) is 5.92 Å². The van der Waals surface area contributed by atoms with E-state index in [4.69, 9.17) is 0 Å². The Bertz CT molecular complexity index is 1120. The molecule has 168 valence electrons. The maximum absolute atomic E-state index is 12.4. The zero-order chi connectivity index (χ0) is 22.5. The zero-order valence-corrected chi connectivity index (χ0v) is 19.7. The van der Waals surface area contributed by atoms with Gasteiger partial charge in [-0.2, -0.15) is 0 Å². The number of benzene rings is 2. The molecular formula is C28H35N3O. The molecule has 1 unspecified atom stereocenters. The average Bonchev–Trinajstić information content (AvgIpc) is 3.18. The van der Waals surface area contributed by atoms with Gasteiger partial charge in [0.2, 0.25) is 0 Å². The van der Waals surface area contributed by atoms with Crippen LogP contribution in [0.5, 0.6) is 0 Å². The second kappa shape index (κ2) is 8.08. The second-order valence-corrected chi connectivity index (χ2v) is 10.9. The molecule has 4 heteroatoms. The average molecular weight is 430 g/mol. The van der Waals surface area contributed by atoms with Crippen molar-refractivity contribution in [2.45, 2.75) is 57.4 Å². The van der Waals surface area contributed by atoms with Crippen molar-refractivity contribution in [1.29, 1.82) is 0 Å². The monoisotopic (exact) mass is 429 g/mol. The smallest absolute Gasteiger partial charge is 0.251 e. The van der Waals surface area contributed by atoms with E-state index in [-0.39, 0.29) is 11.3 Å². The van der Waals surface area contributed by atoms with Crippen LogP contribution in [-0.4, -0.2) is 42.0 Å². The van der Waals surface area contributed by atoms with Crippen molar-refractivity contribution >= 4 is 16.8 Å². The van der Waals surface area contributed by atoms with E-state index in [9.17, 15) is 4.79 Å². The first kappa shape index (κ1) is 21.3. The molecule has 32 heavy (non-hydrogen) atoms. The van der Waals surface area contributed by atoms with Gasteiger partial charge in [-0.15, -0.1) is 0 Å². The van der Waals surface area contributed by atoms with Gasteiger partial charge in [0.05, 0.1) is 0 Å². The minimum Gasteiger partial charge on any atom is -0.361 e. The van der Waals surface area contributed by atoms with Gasteiger partial charge < -0.3 is 15.2 Å². The molecule has 2 N–H and O–H groups in total. The maximum atomic E-state index is 12.4. The number of aromatic amines is 1. The van der Waals surface area contributed by atoms with Crippen LogP contribution in [0.3, 0.4) is 0 Å². The van der Waals surface area contributed by atoms with Crippen molar-refractivity contribution in [1.82, 2.24) is 15.2 Å². The fourth-order valence-electron chi connectivity index (χ4n) is 5.85. The van der Waals surface area contributed by atoms with Crippen molar-refractivity contribution in [3.8, 4) is 0 Å². The predicted molar refractivity (Wildman–Crippen MR) is 131 cm³/mol. The predicted octanol–water partition coefficient (Wildman–Crippen LogP) is 5.25. The number of piperidine rings is 1. The number of likely N-dealkylation sites (tertiary alicyclic amines) is 1. The summed E-state index contributed by atoms with van der Waals surface area (Å²) in [5, 5.41) is 4.59. The van der Waals surface area contributed by atoms with Gasteiger partial charge in [0.25, 0.3) is 5.91 Å². The van der Waals surface area contributed by atoms with Crippen LogP contribution in [0.2, 0.25) is 0 Å². The molecule has 1 amide bonds. The van der Waals surface area contributed by atoms with E-state index in [0.717, 1.165) is 31.5 Å². The van der Waals surface area contributed by atoms with E-state index in [1.807, 2.05) is 30.3 Å². The highest BCUT2D eigenvalue weighted by molar-refractivity contribution is 5.94. The maximum Gasteiger partial charge on any atom is 0.251 e. The minimum absolute atomic E-state index is 0.0295. The Morgan fingerprint density at radius 1 is 1.19 bits per heavy atom. The molecule has 2 aromatic carbocycles. The molecule has 1 saturated heterocycles. The molecule has 5 rings (SSSR count). The van der Waals surface area contributed by atoms with Gasteiger partial charge in [0.15, 0.2) is 0 Å². The van der Waals surface area contributed by atoms with Gasteiger partial charge in [-0.1, -0.05) is 45.0 Å². The summed E-state index contributed by atoms with van der Waals surface area (Å²) in [5.74, 6) is 1.17. The summed E-state index contributed by atoms with van der Waals surface area (Å²) in [6.07, 6.45) is 5.58. The molecule has 3 aromatic rings. The summed E-state index contributed by atoms with van der Waals surface area (Å²) in [4.78, 5) is 18.6. The van der Waals surface area contributed by atoms with Crippen molar-refractivity contribution in [3.05, 3.63) is 70.9 Å². The SMILES string of the molecule is CN1CC(CCNC(=O)c2ccccc2)C[C@@H]2c3cc(C(C)(C)C)cc4[nH]cc(c34)C[C@H]21. The minimum atomic E-state index is 0.0295. The van der Waals surface area contributed by atoms with Crippen molar-refractivity contribution < 1.29 is 4.79 Å². The first-order valence-electron chi connectivity index (χ1n) is 12.0. The Labute approximate surface area is 191 Å². The van der Waals surface area contributed by atoms with Crippen LogP contribution in [0.25, 0.3) is 10.9 Å². The largest absolute Gasteiger partial charge is 0.361 e. The lowest BCUT2D eigenvalue weighted by atomic mass is 9.70. The third-order valence-corrected chi connectivity index (χ3v) is 7.62. The lowest BCUT2D eigenvalue weighted by Gasteiger charge is -2.46. The Hall–Kier alpha value is -2.59. The number of rotatable bonds is 4. The van der Waals surface area contributed by atoms with E-state index < -0.39 is 0 Å². The molecule has 1 aromatic heterocycles. The third kappa shape index (κ3) is 3.86. The Balaban J connectivity index is 1.35. The first-order chi connectivity index (χ1) is 15.3. The molecule has 2 aliphatic rings. The van der Waals surface area contributed by atoms with E-state index in [2.05, 4.69) is 61.3 Å². The number of nitrogens with zero attached hydrogens (tertiary/aromatic N) is 1. The number of hydrogen-bond acceptors (Lipinski definition) is 2. The fourth-order valence-corrected chi connectivity index (χ4v) is 5.85. The molecule has 0 radical (unpaired) electrons. The number of amides is 1. The van der Waals surface area contributed by atoms with E-state index in [1.165, 1.54) is 34.0 Å². The highest BCUT2D eigenvalue weighted by Crippen LogP contribution is 2.46. The van der Waals surface area contributed by atoms with Crippen molar-refractivity contribution in [2.75, 3.05) is 20.1 Å². The third-order valence-electron chi connectivity index (χ3n) is 7.62. The number of nitrogens with one attached hydrogen (secondary N) is 2. The molecule has 1 fully saturated rings. The van der Waals surface area contributed by atoms with Crippen LogP contribution in [0.4, 0.5) is 0 Å². The molecule has 1 aliphatic carbocycles. The highest BCUT2D eigenvalue weighted by Gasteiger charge is 2.39. The van der Waals surface area contributed by atoms with Crippen LogP contribution in [0.15, 0.2) is 48.7 Å². The Morgan fingerprint density at radius 2 is 1.97 bits per heavy atom. The topological polar surface area (TPSA) is 48.1 Å². The summed E-state index contributed by atoms with van der Waals surface area (Å²) in [6.45, 7) is 8.74. The summed E-state index contributed by atoms with van der Waals surface area (Å²) < 4.78 is 0. The van der Waals surface area contributed by atoms with Gasteiger partial charge in [0.1, 0.15) is 0 Å². The van der Waals surface area contributed by atoms with E-state index in [0.29, 0.717) is 17.9 Å². The zero-order valence-electron chi connectivity index (χ0n) is 19.7. The molecule has 4 nitrogen and oxygen atoms in total. The molecule has 3 atom stereocenters. The Morgan fingerprint density at radius 3 is 2.72 bits per heavy atom. The van der Waals surface area contributed by atoms with Crippen LogP contribution in [-0.2, 0) is 11.8 Å². The lowest BCUT2D eigenvalue weighted by Crippen LogP contribution is -2.48. The molecule has 0 saturated carbocycles. The lowest BCUT2D eigenvalue weighted by molar-refractivity contribution is 0.0926. The van der Waals surface area contributed by atoms with E-state index >= 15 is 0 Å². The summed E-state index contributed by atoms with van der Waals surface area (Å²) in [6, 6.07) is 14.9. The number of H-pyrrole nitrogens is 1. The molecule has 0 bridgehead atoms.